The third-order valence-corrected chi connectivity index (χ3v) is 1.58. The Morgan fingerprint density at radius 1 is 1.78 bits per heavy atom. The van der Waals surface area contributed by atoms with E-state index in [2.05, 4.69) is 18.0 Å². The smallest absolute Gasteiger partial charge is 0.0798 e. The minimum Gasteiger partial charge on any atom is -0.245 e. The van der Waals surface area contributed by atoms with Crippen molar-refractivity contribution in [2.75, 3.05) is 0 Å². The molecule has 0 aliphatic carbocycles. The number of hydrogen-bond acceptors (Lipinski definition) is 2. The molecule has 0 aliphatic rings. The summed E-state index contributed by atoms with van der Waals surface area (Å²) in [5.41, 5.74) is 2.91. The summed E-state index contributed by atoms with van der Waals surface area (Å²) >= 11 is 1.63. The van der Waals surface area contributed by atoms with E-state index in [9.17, 15) is 0 Å². The van der Waals surface area contributed by atoms with Crippen molar-refractivity contribution in [3.05, 3.63) is 22.7 Å². The maximum absolute atomic E-state index is 4.09. The summed E-state index contributed by atoms with van der Waals surface area (Å²) in [6, 6.07) is 0. The lowest BCUT2D eigenvalue weighted by molar-refractivity contribution is 1.23. The lowest BCUT2D eigenvalue weighted by Gasteiger charge is -1.77. The quantitative estimate of drug-likeness (QED) is 0.613. The molecule has 0 amide bonds. The zero-order chi connectivity index (χ0) is 6.53. The number of allylic oxidation sites excluding steroid dienone is 1. The van der Waals surface area contributed by atoms with Gasteiger partial charge in [0, 0.05) is 5.38 Å². The number of nitrogens with zero attached hydrogens (tertiary/aromatic N) is 1. The normalized spacial score (nSPS) is 10.8. The summed E-state index contributed by atoms with van der Waals surface area (Å²) in [7, 11) is 0. The third kappa shape index (κ3) is 1.98. The lowest BCUT2D eigenvalue weighted by atomic mass is 10.4. The van der Waals surface area contributed by atoms with Gasteiger partial charge >= 0.3 is 0 Å². The Hall–Kier alpha value is -0.630. The van der Waals surface area contributed by atoms with E-state index in [0.717, 1.165) is 12.1 Å². The van der Waals surface area contributed by atoms with Gasteiger partial charge in [-0.05, 0) is 12.5 Å². The van der Waals surface area contributed by atoms with Gasteiger partial charge < -0.3 is 0 Å². The van der Waals surface area contributed by atoms with E-state index in [1.807, 2.05) is 17.0 Å². The fourth-order valence-electron chi connectivity index (χ4n) is 0.543. The van der Waals surface area contributed by atoms with Gasteiger partial charge in [0.1, 0.15) is 0 Å². The van der Waals surface area contributed by atoms with Crippen molar-refractivity contribution in [3.8, 4) is 0 Å². The highest BCUT2D eigenvalue weighted by atomic mass is 32.1. The maximum Gasteiger partial charge on any atom is 0.0798 e. The van der Waals surface area contributed by atoms with Crippen molar-refractivity contribution < 1.29 is 0 Å². The summed E-state index contributed by atoms with van der Waals surface area (Å²) in [6.45, 7) is 2.11. The molecule has 0 atom stereocenters. The van der Waals surface area contributed by atoms with Gasteiger partial charge in [-0.2, -0.15) is 0 Å². The fraction of sp³-hybridized carbons (Fsp3) is 0.286. The van der Waals surface area contributed by atoms with Gasteiger partial charge in [0.15, 0.2) is 0 Å². The molecule has 1 heterocycles. The van der Waals surface area contributed by atoms with Crippen LogP contribution < -0.4 is 0 Å². The van der Waals surface area contributed by atoms with Gasteiger partial charge in [-0.15, -0.1) is 11.3 Å². The minimum absolute atomic E-state index is 1.07. The van der Waals surface area contributed by atoms with Gasteiger partial charge in [0.05, 0.1) is 11.2 Å². The van der Waals surface area contributed by atoms with E-state index < -0.39 is 0 Å². The molecular weight excluding hydrogens is 130 g/mol. The van der Waals surface area contributed by atoms with E-state index in [4.69, 9.17) is 0 Å². The standard InChI is InChI=1S/C7H9NS/c1-2-3-4-7-5-9-6-8-7/h3-6H,2H2,1H3/b4-3+. The van der Waals surface area contributed by atoms with Gasteiger partial charge in [-0.1, -0.05) is 13.0 Å². The van der Waals surface area contributed by atoms with Crippen LogP contribution >= 0.6 is 11.3 Å². The molecular formula is C7H9NS. The molecule has 1 rings (SSSR count). The Labute approximate surface area is 59.1 Å². The number of thiazole rings is 1. The Bertz CT molecular complexity index is 177. The topological polar surface area (TPSA) is 12.9 Å². The molecule has 0 aromatic carbocycles. The molecule has 0 saturated carbocycles. The van der Waals surface area contributed by atoms with E-state index in [1.54, 1.807) is 11.3 Å². The van der Waals surface area contributed by atoms with Gasteiger partial charge in [-0.3, -0.25) is 0 Å². The molecule has 0 saturated heterocycles. The second kappa shape index (κ2) is 3.41. The molecule has 1 nitrogen and oxygen atoms in total. The summed E-state index contributed by atoms with van der Waals surface area (Å²) in [5.74, 6) is 0. The van der Waals surface area contributed by atoms with Gasteiger partial charge in [0.25, 0.3) is 0 Å². The fourth-order valence-corrected chi connectivity index (χ4v) is 1.07. The highest BCUT2D eigenvalue weighted by Gasteiger charge is 1.82. The maximum atomic E-state index is 4.09. The minimum atomic E-state index is 1.07. The van der Waals surface area contributed by atoms with Crippen LogP contribution in [0.1, 0.15) is 19.0 Å². The first-order valence-electron chi connectivity index (χ1n) is 2.98. The van der Waals surface area contributed by atoms with E-state index in [1.165, 1.54) is 0 Å². The van der Waals surface area contributed by atoms with Crippen molar-refractivity contribution in [2.24, 2.45) is 0 Å². The van der Waals surface area contributed by atoms with Crippen molar-refractivity contribution in [1.82, 2.24) is 4.98 Å². The molecule has 0 fully saturated rings. The van der Waals surface area contributed by atoms with Crippen LogP contribution in [-0.4, -0.2) is 4.98 Å². The summed E-state index contributed by atoms with van der Waals surface area (Å²) in [4.78, 5) is 4.09. The van der Waals surface area contributed by atoms with Gasteiger partial charge in [0.2, 0.25) is 0 Å². The van der Waals surface area contributed by atoms with Crippen molar-refractivity contribution >= 4 is 17.4 Å². The molecule has 48 valence electrons. The monoisotopic (exact) mass is 139 g/mol. The molecule has 0 N–H and O–H groups in total. The van der Waals surface area contributed by atoms with Crippen LogP contribution in [-0.2, 0) is 0 Å². The van der Waals surface area contributed by atoms with Crippen LogP contribution in [0.5, 0.6) is 0 Å². The molecule has 1 aromatic heterocycles. The summed E-state index contributed by atoms with van der Waals surface area (Å²) < 4.78 is 0. The first kappa shape index (κ1) is 6.49. The Kier molecular flexibility index (Phi) is 2.46. The zero-order valence-electron chi connectivity index (χ0n) is 5.37. The molecule has 9 heavy (non-hydrogen) atoms. The Balaban J connectivity index is 2.57. The van der Waals surface area contributed by atoms with E-state index in [-0.39, 0.29) is 0 Å². The third-order valence-electron chi connectivity index (χ3n) is 0.976. The molecule has 0 radical (unpaired) electrons. The van der Waals surface area contributed by atoms with Gasteiger partial charge in [-0.25, -0.2) is 4.98 Å². The predicted molar refractivity (Wildman–Crippen MR) is 41.4 cm³/mol. The lowest BCUT2D eigenvalue weighted by Crippen LogP contribution is -1.65. The second-order valence-electron chi connectivity index (χ2n) is 1.72. The van der Waals surface area contributed by atoms with Crippen LogP contribution in [0.15, 0.2) is 17.0 Å². The highest BCUT2D eigenvalue weighted by Crippen LogP contribution is 2.02. The zero-order valence-corrected chi connectivity index (χ0v) is 6.19. The van der Waals surface area contributed by atoms with E-state index >= 15 is 0 Å². The van der Waals surface area contributed by atoms with Crippen molar-refractivity contribution in [3.63, 3.8) is 0 Å². The van der Waals surface area contributed by atoms with Crippen LogP contribution in [0.25, 0.3) is 6.08 Å². The molecule has 0 bridgehead atoms. The Morgan fingerprint density at radius 2 is 2.67 bits per heavy atom. The molecule has 0 unspecified atom stereocenters. The average molecular weight is 139 g/mol. The summed E-state index contributed by atoms with van der Waals surface area (Å²) in [6.07, 6.45) is 5.23. The number of rotatable bonds is 2. The Morgan fingerprint density at radius 3 is 3.22 bits per heavy atom. The average Bonchev–Trinajstić information content (AvgIpc) is 2.34. The van der Waals surface area contributed by atoms with Crippen LogP contribution in [0.3, 0.4) is 0 Å². The summed E-state index contributed by atoms with van der Waals surface area (Å²) in [5, 5.41) is 2.03. The molecule has 1 aromatic rings. The predicted octanol–water partition coefficient (Wildman–Crippen LogP) is 2.57. The first-order chi connectivity index (χ1) is 4.43. The highest BCUT2D eigenvalue weighted by molar-refractivity contribution is 7.07. The largest absolute Gasteiger partial charge is 0.245 e. The van der Waals surface area contributed by atoms with Crippen LogP contribution in [0.4, 0.5) is 0 Å². The van der Waals surface area contributed by atoms with Crippen molar-refractivity contribution in [1.29, 1.82) is 0 Å². The number of aromatic nitrogens is 1. The van der Waals surface area contributed by atoms with Crippen LogP contribution in [0, 0.1) is 0 Å². The van der Waals surface area contributed by atoms with Crippen LogP contribution in [0.2, 0.25) is 0 Å². The molecule has 0 spiro atoms. The SMILES string of the molecule is CC/C=C/c1cscn1. The molecule has 0 aliphatic heterocycles. The second-order valence-corrected chi connectivity index (χ2v) is 2.44. The van der Waals surface area contributed by atoms with Crippen molar-refractivity contribution in [2.45, 2.75) is 13.3 Å². The molecule has 2 heteroatoms. The first-order valence-corrected chi connectivity index (χ1v) is 3.92. The van der Waals surface area contributed by atoms with E-state index in [0.29, 0.717) is 0 Å². The number of hydrogen-bond donors (Lipinski definition) is 0.